The Bertz CT molecular complexity index is 263. The Kier molecular flexibility index (Phi) is 4.40. The minimum absolute atomic E-state index is 0.0222. The van der Waals surface area contributed by atoms with Crippen molar-refractivity contribution in [1.29, 1.82) is 0 Å². The Morgan fingerprint density at radius 1 is 1.24 bits per heavy atom. The summed E-state index contributed by atoms with van der Waals surface area (Å²) in [7, 11) is 2.00. The molecular formula is C13H25N3O. The standard InChI is InChI=1S/C13H25N3O/c1-10(16-8-7-12(9-16)14-2)13(17)15-11-5-3-4-6-11/h10-12,14H,3-9H2,1-2H3,(H,15,17). The van der Waals surface area contributed by atoms with Gasteiger partial charge in [-0.1, -0.05) is 12.8 Å². The fourth-order valence-electron chi connectivity index (χ4n) is 2.93. The van der Waals surface area contributed by atoms with Gasteiger partial charge in [0.15, 0.2) is 0 Å². The average Bonchev–Trinajstić information content (AvgIpc) is 2.98. The molecule has 2 fully saturated rings. The Hall–Kier alpha value is -0.610. The lowest BCUT2D eigenvalue weighted by atomic mass is 10.2. The van der Waals surface area contributed by atoms with Gasteiger partial charge in [0.1, 0.15) is 0 Å². The van der Waals surface area contributed by atoms with Crippen LogP contribution in [0.3, 0.4) is 0 Å². The van der Waals surface area contributed by atoms with Gasteiger partial charge in [-0.15, -0.1) is 0 Å². The number of hydrogen-bond acceptors (Lipinski definition) is 3. The van der Waals surface area contributed by atoms with Crippen LogP contribution in [0.5, 0.6) is 0 Å². The smallest absolute Gasteiger partial charge is 0.237 e. The lowest BCUT2D eigenvalue weighted by Crippen LogP contribution is -2.47. The van der Waals surface area contributed by atoms with E-state index in [1.54, 1.807) is 0 Å². The predicted molar refractivity (Wildman–Crippen MR) is 68.9 cm³/mol. The molecule has 0 radical (unpaired) electrons. The molecule has 2 aliphatic rings. The van der Waals surface area contributed by atoms with E-state index in [0.717, 1.165) is 32.4 Å². The fraction of sp³-hybridized carbons (Fsp3) is 0.923. The van der Waals surface area contributed by atoms with Crippen molar-refractivity contribution < 1.29 is 4.79 Å². The van der Waals surface area contributed by atoms with Gasteiger partial charge in [-0.05, 0) is 33.2 Å². The second kappa shape index (κ2) is 5.83. The number of carbonyl (C=O) groups excluding carboxylic acids is 1. The monoisotopic (exact) mass is 239 g/mol. The van der Waals surface area contributed by atoms with Crippen LogP contribution in [0.25, 0.3) is 0 Å². The first-order valence-corrected chi connectivity index (χ1v) is 6.92. The van der Waals surface area contributed by atoms with Crippen LogP contribution in [-0.2, 0) is 4.79 Å². The predicted octanol–water partition coefficient (Wildman–Crippen LogP) is 0.727. The molecule has 2 N–H and O–H groups in total. The van der Waals surface area contributed by atoms with E-state index in [1.807, 2.05) is 14.0 Å². The molecule has 1 aliphatic heterocycles. The molecule has 0 aromatic rings. The van der Waals surface area contributed by atoms with E-state index in [0.29, 0.717) is 12.1 Å². The van der Waals surface area contributed by atoms with Gasteiger partial charge < -0.3 is 10.6 Å². The van der Waals surface area contributed by atoms with Crippen LogP contribution in [0.4, 0.5) is 0 Å². The van der Waals surface area contributed by atoms with Crippen molar-refractivity contribution in [3.05, 3.63) is 0 Å². The van der Waals surface area contributed by atoms with E-state index in [4.69, 9.17) is 0 Å². The third-order valence-corrected chi connectivity index (χ3v) is 4.26. The normalized spacial score (nSPS) is 28.5. The number of likely N-dealkylation sites (tertiary alicyclic amines) is 1. The molecule has 0 aromatic carbocycles. The quantitative estimate of drug-likeness (QED) is 0.760. The maximum absolute atomic E-state index is 12.1. The first-order chi connectivity index (χ1) is 8.20. The lowest BCUT2D eigenvalue weighted by molar-refractivity contribution is -0.126. The SMILES string of the molecule is CNC1CCN(C(C)C(=O)NC2CCCC2)C1. The highest BCUT2D eigenvalue weighted by molar-refractivity contribution is 5.81. The van der Waals surface area contributed by atoms with Gasteiger partial charge in [0.25, 0.3) is 0 Å². The molecule has 1 heterocycles. The van der Waals surface area contributed by atoms with Crippen molar-refractivity contribution in [2.45, 2.75) is 57.2 Å². The average molecular weight is 239 g/mol. The van der Waals surface area contributed by atoms with Crippen LogP contribution in [0.15, 0.2) is 0 Å². The number of likely N-dealkylation sites (N-methyl/N-ethyl adjacent to an activating group) is 1. The van der Waals surface area contributed by atoms with Crippen LogP contribution in [-0.4, -0.2) is 49.1 Å². The van der Waals surface area contributed by atoms with Crippen molar-refractivity contribution in [3.8, 4) is 0 Å². The summed E-state index contributed by atoms with van der Waals surface area (Å²) < 4.78 is 0. The number of nitrogens with zero attached hydrogens (tertiary/aromatic N) is 1. The zero-order chi connectivity index (χ0) is 12.3. The molecule has 0 aromatic heterocycles. The molecule has 2 rings (SSSR count). The minimum Gasteiger partial charge on any atom is -0.352 e. The molecule has 0 spiro atoms. The largest absolute Gasteiger partial charge is 0.352 e. The van der Waals surface area contributed by atoms with Crippen molar-refractivity contribution in [2.75, 3.05) is 20.1 Å². The third kappa shape index (κ3) is 3.19. The molecule has 2 atom stereocenters. The molecule has 0 bridgehead atoms. The van der Waals surface area contributed by atoms with Crippen LogP contribution < -0.4 is 10.6 Å². The molecule has 1 saturated heterocycles. The van der Waals surface area contributed by atoms with E-state index in [9.17, 15) is 4.79 Å². The van der Waals surface area contributed by atoms with Crippen molar-refractivity contribution in [1.82, 2.24) is 15.5 Å². The van der Waals surface area contributed by atoms with Crippen molar-refractivity contribution in [3.63, 3.8) is 0 Å². The van der Waals surface area contributed by atoms with Gasteiger partial charge in [0.05, 0.1) is 6.04 Å². The molecule has 17 heavy (non-hydrogen) atoms. The second-order valence-electron chi connectivity index (χ2n) is 5.44. The van der Waals surface area contributed by atoms with Crippen LogP contribution in [0.1, 0.15) is 39.0 Å². The molecule has 2 unspecified atom stereocenters. The Balaban J connectivity index is 1.78. The summed E-state index contributed by atoms with van der Waals surface area (Å²) in [5.74, 6) is 0.216. The van der Waals surface area contributed by atoms with E-state index in [-0.39, 0.29) is 11.9 Å². The molecule has 1 amide bonds. The Labute approximate surface area is 104 Å². The van der Waals surface area contributed by atoms with E-state index in [1.165, 1.54) is 12.8 Å². The van der Waals surface area contributed by atoms with Gasteiger partial charge >= 0.3 is 0 Å². The molecule has 1 saturated carbocycles. The summed E-state index contributed by atoms with van der Waals surface area (Å²) in [6, 6.07) is 1.01. The van der Waals surface area contributed by atoms with E-state index >= 15 is 0 Å². The van der Waals surface area contributed by atoms with Gasteiger partial charge in [0, 0.05) is 25.2 Å². The third-order valence-electron chi connectivity index (χ3n) is 4.26. The number of rotatable bonds is 4. The van der Waals surface area contributed by atoms with Gasteiger partial charge in [-0.25, -0.2) is 0 Å². The molecular weight excluding hydrogens is 214 g/mol. The number of amides is 1. The van der Waals surface area contributed by atoms with Crippen molar-refractivity contribution in [2.24, 2.45) is 0 Å². The zero-order valence-electron chi connectivity index (χ0n) is 11.0. The summed E-state index contributed by atoms with van der Waals surface area (Å²) in [4.78, 5) is 14.4. The summed E-state index contributed by atoms with van der Waals surface area (Å²) in [5, 5.41) is 6.47. The highest BCUT2D eigenvalue weighted by Crippen LogP contribution is 2.18. The topological polar surface area (TPSA) is 44.4 Å². The van der Waals surface area contributed by atoms with Gasteiger partial charge in [-0.3, -0.25) is 9.69 Å². The first kappa shape index (κ1) is 12.8. The highest BCUT2D eigenvalue weighted by atomic mass is 16.2. The fourth-order valence-corrected chi connectivity index (χ4v) is 2.93. The van der Waals surface area contributed by atoms with Gasteiger partial charge in [0.2, 0.25) is 5.91 Å². The highest BCUT2D eigenvalue weighted by Gasteiger charge is 2.29. The zero-order valence-corrected chi connectivity index (χ0v) is 11.0. The molecule has 98 valence electrons. The number of hydrogen-bond donors (Lipinski definition) is 2. The Morgan fingerprint density at radius 3 is 2.53 bits per heavy atom. The summed E-state index contributed by atoms with van der Waals surface area (Å²) in [6.45, 7) is 4.06. The summed E-state index contributed by atoms with van der Waals surface area (Å²) >= 11 is 0. The van der Waals surface area contributed by atoms with E-state index < -0.39 is 0 Å². The number of nitrogens with one attached hydrogen (secondary N) is 2. The molecule has 4 heteroatoms. The van der Waals surface area contributed by atoms with Crippen LogP contribution in [0, 0.1) is 0 Å². The van der Waals surface area contributed by atoms with Crippen LogP contribution in [0.2, 0.25) is 0 Å². The second-order valence-corrected chi connectivity index (χ2v) is 5.44. The maximum Gasteiger partial charge on any atom is 0.237 e. The Morgan fingerprint density at radius 2 is 1.94 bits per heavy atom. The van der Waals surface area contributed by atoms with Crippen LogP contribution >= 0.6 is 0 Å². The first-order valence-electron chi connectivity index (χ1n) is 6.92. The lowest BCUT2D eigenvalue weighted by Gasteiger charge is -2.25. The molecule has 1 aliphatic carbocycles. The summed E-state index contributed by atoms with van der Waals surface area (Å²) in [5.41, 5.74) is 0. The van der Waals surface area contributed by atoms with Gasteiger partial charge in [-0.2, -0.15) is 0 Å². The summed E-state index contributed by atoms with van der Waals surface area (Å²) in [6.07, 6.45) is 6.02. The maximum atomic E-state index is 12.1. The minimum atomic E-state index is 0.0222. The van der Waals surface area contributed by atoms with Crippen molar-refractivity contribution >= 4 is 5.91 Å². The van der Waals surface area contributed by atoms with E-state index in [2.05, 4.69) is 15.5 Å². The molecule has 4 nitrogen and oxygen atoms in total. The number of carbonyl (C=O) groups is 1.